The normalized spacial score (nSPS) is 7.64. The highest BCUT2D eigenvalue weighted by Gasteiger charge is 2.00. The van der Waals surface area contributed by atoms with E-state index in [1.54, 1.807) is 24.3 Å². The van der Waals surface area contributed by atoms with E-state index in [0.29, 0.717) is 16.9 Å². The van der Waals surface area contributed by atoms with Gasteiger partial charge in [-0.3, -0.25) is 0 Å². The van der Waals surface area contributed by atoms with Crippen LogP contribution in [0, 0.1) is 34.5 Å². The molecule has 66 valence electrons. The van der Waals surface area contributed by atoms with Crippen molar-refractivity contribution >= 4 is 0 Å². The van der Waals surface area contributed by atoms with Gasteiger partial charge in [0.2, 0.25) is 0 Å². The van der Waals surface area contributed by atoms with Crippen LogP contribution in [0.3, 0.4) is 0 Å². The number of nitrogens with zero attached hydrogens (tertiary/aromatic N) is 2. The minimum atomic E-state index is 0.438. The Kier molecular flexibility index (Phi) is 3.14. The molecule has 0 fully saturated rings. The van der Waals surface area contributed by atoms with Crippen LogP contribution in [0.2, 0.25) is 0 Å². The molecule has 3 heteroatoms. The predicted octanol–water partition coefficient (Wildman–Crippen LogP) is 1.44. The summed E-state index contributed by atoms with van der Waals surface area (Å²) in [6.45, 7) is 0. The average molecular weight is 182 g/mol. The summed E-state index contributed by atoms with van der Waals surface area (Å²) in [5, 5.41) is 17.0. The van der Waals surface area contributed by atoms with Gasteiger partial charge in [0.05, 0.1) is 12.7 Å². The van der Waals surface area contributed by atoms with Gasteiger partial charge in [-0.2, -0.15) is 10.5 Å². The van der Waals surface area contributed by atoms with Crippen LogP contribution in [0.25, 0.3) is 0 Å². The Morgan fingerprint density at radius 3 is 2.57 bits per heavy atom. The molecule has 0 heterocycles. The van der Waals surface area contributed by atoms with E-state index >= 15 is 0 Å². The Morgan fingerprint density at radius 1 is 1.21 bits per heavy atom. The van der Waals surface area contributed by atoms with Crippen LogP contribution < -0.4 is 4.74 Å². The molecule has 0 N–H and O–H groups in total. The zero-order valence-corrected chi connectivity index (χ0v) is 7.53. The molecule has 0 aliphatic carbocycles. The fraction of sp³-hybridized carbons (Fsp3) is 0.0909. The number of methoxy groups -OCH3 is 1. The summed E-state index contributed by atoms with van der Waals surface area (Å²) in [4.78, 5) is 0. The lowest BCUT2D eigenvalue weighted by molar-refractivity contribution is 0.414. The van der Waals surface area contributed by atoms with Crippen molar-refractivity contribution in [3.63, 3.8) is 0 Å². The molecule has 0 radical (unpaired) electrons. The Morgan fingerprint density at radius 2 is 2.00 bits per heavy atom. The molecule has 0 aliphatic rings. The van der Waals surface area contributed by atoms with Gasteiger partial charge in [0, 0.05) is 11.5 Å². The van der Waals surface area contributed by atoms with Crippen LogP contribution >= 0.6 is 0 Å². The van der Waals surface area contributed by atoms with Crippen molar-refractivity contribution in [2.24, 2.45) is 0 Å². The van der Waals surface area contributed by atoms with Crippen LogP contribution in [0.1, 0.15) is 11.1 Å². The van der Waals surface area contributed by atoms with Crippen molar-refractivity contribution in [3.8, 4) is 29.7 Å². The van der Waals surface area contributed by atoms with Crippen molar-refractivity contribution in [3.05, 3.63) is 29.3 Å². The molecule has 0 aliphatic heterocycles. The number of hydrogen-bond donors (Lipinski definition) is 0. The van der Waals surface area contributed by atoms with Gasteiger partial charge < -0.3 is 4.74 Å². The number of nitriles is 2. The van der Waals surface area contributed by atoms with Crippen LogP contribution in [0.4, 0.5) is 0 Å². The van der Waals surface area contributed by atoms with E-state index in [0.717, 1.165) is 0 Å². The van der Waals surface area contributed by atoms with E-state index in [9.17, 15) is 0 Å². The van der Waals surface area contributed by atoms with Gasteiger partial charge in [-0.1, -0.05) is 0 Å². The maximum Gasteiger partial charge on any atom is 0.152 e. The Bertz CT molecular complexity index is 481. The van der Waals surface area contributed by atoms with Gasteiger partial charge in [0.15, 0.2) is 6.07 Å². The molecular formula is C11H6N2O. The first-order valence-corrected chi connectivity index (χ1v) is 3.80. The highest BCUT2D eigenvalue weighted by atomic mass is 16.5. The zero-order valence-electron chi connectivity index (χ0n) is 7.53. The van der Waals surface area contributed by atoms with Crippen LogP contribution in [-0.4, -0.2) is 7.11 Å². The van der Waals surface area contributed by atoms with Crippen LogP contribution in [0.5, 0.6) is 5.75 Å². The molecule has 0 saturated carbocycles. The van der Waals surface area contributed by atoms with E-state index in [1.165, 1.54) is 7.11 Å². The second kappa shape index (κ2) is 4.55. The predicted molar refractivity (Wildman–Crippen MR) is 50.2 cm³/mol. The van der Waals surface area contributed by atoms with Crippen LogP contribution in [-0.2, 0) is 0 Å². The molecule has 0 atom stereocenters. The lowest BCUT2D eigenvalue weighted by Gasteiger charge is -2.00. The largest absolute Gasteiger partial charge is 0.497 e. The standard InChI is InChI=1S/C11H6N2O/c1-14-11-5-4-10(8-13)9(7-11)3-2-6-12/h4-5,7H,1H3. The molecular weight excluding hydrogens is 176 g/mol. The fourth-order valence-electron chi connectivity index (χ4n) is 0.947. The van der Waals surface area contributed by atoms with Crippen molar-refractivity contribution in [1.29, 1.82) is 10.5 Å². The smallest absolute Gasteiger partial charge is 0.152 e. The number of rotatable bonds is 1. The third kappa shape index (κ3) is 2.03. The SMILES string of the molecule is COc1ccc(C#N)c(C#CC#N)c1. The average Bonchev–Trinajstić information content (AvgIpc) is 2.25. The zero-order chi connectivity index (χ0) is 10.4. The summed E-state index contributed by atoms with van der Waals surface area (Å²) in [7, 11) is 1.53. The highest BCUT2D eigenvalue weighted by Crippen LogP contribution is 2.15. The summed E-state index contributed by atoms with van der Waals surface area (Å²) < 4.78 is 4.97. The molecule has 0 amide bonds. The monoisotopic (exact) mass is 182 g/mol. The topological polar surface area (TPSA) is 56.8 Å². The first-order valence-electron chi connectivity index (χ1n) is 3.80. The van der Waals surface area contributed by atoms with E-state index in [1.807, 2.05) is 6.07 Å². The summed E-state index contributed by atoms with van der Waals surface area (Å²) in [6.07, 6.45) is 0. The minimum Gasteiger partial charge on any atom is -0.497 e. The lowest BCUT2D eigenvalue weighted by atomic mass is 10.1. The maximum atomic E-state index is 8.74. The van der Waals surface area contributed by atoms with Crippen molar-refractivity contribution in [2.45, 2.75) is 0 Å². The first kappa shape index (κ1) is 9.65. The van der Waals surface area contributed by atoms with Gasteiger partial charge in [-0.25, -0.2) is 0 Å². The maximum absolute atomic E-state index is 8.74. The molecule has 0 saturated heterocycles. The summed E-state index contributed by atoms with van der Waals surface area (Å²) in [5.74, 6) is 5.43. The summed E-state index contributed by atoms with van der Waals surface area (Å²) in [5.41, 5.74) is 0.946. The van der Waals surface area contributed by atoms with Crippen LogP contribution in [0.15, 0.2) is 18.2 Å². The van der Waals surface area contributed by atoms with Gasteiger partial charge in [0.25, 0.3) is 0 Å². The molecule has 3 nitrogen and oxygen atoms in total. The van der Waals surface area contributed by atoms with E-state index in [2.05, 4.69) is 11.8 Å². The lowest BCUT2D eigenvalue weighted by Crippen LogP contribution is -1.87. The second-order valence-electron chi connectivity index (χ2n) is 2.39. The number of hydrogen-bond acceptors (Lipinski definition) is 3. The molecule has 0 unspecified atom stereocenters. The van der Waals surface area contributed by atoms with Gasteiger partial charge in [-0.05, 0) is 24.1 Å². The van der Waals surface area contributed by atoms with E-state index in [4.69, 9.17) is 15.3 Å². The van der Waals surface area contributed by atoms with E-state index < -0.39 is 0 Å². The van der Waals surface area contributed by atoms with Gasteiger partial charge in [0.1, 0.15) is 11.8 Å². The molecule has 1 aromatic carbocycles. The Labute approximate surface area is 82.2 Å². The van der Waals surface area contributed by atoms with E-state index in [-0.39, 0.29) is 0 Å². The Hall–Kier alpha value is -2.44. The van der Waals surface area contributed by atoms with Crippen molar-refractivity contribution < 1.29 is 4.74 Å². The molecule has 0 aromatic heterocycles. The second-order valence-corrected chi connectivity index (χ2v) is 2.39. The first-order chi connectivity index (χ1) is 6.81. The molecule has 14 heavy (non-hydrogen) atoms. The Balaban J connectivity index is 3.25. The summed E-state index contributed by atoms with van der Waals surface area (Å²) >= 11 is 0. The summed E-state index contributed by atoms with van der Waals surface area (Å²) in [6, 6.07) is 8.60. The third-order valence-corrected chi connectivity index (χ3v) is 1.60. The van der Waals surface area contributed by atoms with Gasteiger partial charge >= 0.3 is 0 Å². The highest BCUT2D eigenvalue weighted by molar-refractivity contribution is 5.52. The van der Waals surface area contributed by atoms with Crippen molar-refractivity contribution in [1.82, 2.24) is 0 Å². The van der Waals surface area contributed by atoms with Gasteiger partial charge in [-0.15, -0.1) is 0 Å². The third-order valence-electron chi connectivity index (χ3n) is 1.60. The number of benzene rings is 1. The molecule has 0 spiro atoms. The fourth-order valence-corrected chi connectivity index (χ4v) is 0.947. The molecule has 1 aromatic rings. The number of ether oxygens (including phenoxy) is 1. The minimum absolute atomic E-state index is 0.438. The molecule has 1 rings (SSSR count). The quantitative estimate of drug-likeness (QED) is 0.617. The van der Waals surface area contributed by atoms with Crippen molar-refractivity contribution in [2.75, 3.05) is 7.11 Å². The molecule has 0 bridgehead atoms.